The average Bonchev–Trinajstić information content (AvgIpc) is 2.98. The highest BCUT2D eigenvalue weighted by Gasteiger charge is 2.46. The monoisotopic (exact) mass is 293 g/mol. The molecule has 4 heteroatoms. The highest BCUT2D eigenvalue weighted by atomic mass is 35.5. The van der Waals surface area contributed by atoms with Gasteiger partial charge in [0.2, 0.25) is 0 Å². The number of carbonyl (C=O) groups is 1. The van der Waals surface area contributed by atoms with Gasteiger partial charge in [-0.3, -0.25) is 9.69 Å². The van der Waals surface area contributed by atoms with Crippen LogP contribution in [0.3, 0.4) is 0 Å². The minimum absolute atomic E-state index is 0.151. The molecule has 0 unspecified atom stereocenters. The summed E-state index contributed by atoms with van der Waals surface area (Å²) < 4.78 is 0. The Balaban J connectivity index is 1.75. The van der Waals surface area contributed by atoms with Gasteiger partial charge >= 0.3 is 5.97 Å². The second-order valence-electron chi connectivity index (χ2n) is 6.14. The van der Waals surface area contributed by atoms with E-state index < -0.39 is 5.97 Å². The van der Waals surface area contributed by atoms with Crippen molar-refractivity contribution in [2.24, 2.45) is 0 Å². The van der Waals surface area contributed by atoms with Crippen molar-refractivity contribution in [3.05, 3.63) is 34.3 Å². The highest BCUT2D eigenvalue weighted by Crippen LogP contribution is 2.51. The molecule has 3 nitrogen and oxygen atoms in total. The van der Waals surface area contributed by atoms with Gasteiger partial charge in [-0.15, -0.1) is 0 Å². The molecule has 1 heterocycles. The van der Waals surface area contributed by atoms with Gasteiger partial charge in [0.1, 0.15) is 0 Å². The van der Waals surface area contributed by atoms with Crippen molar-refractivity contribution in [3.8, 4) is 0 Å². The molecule has 2 fully saturated rings. The molecule has 0 aromatic heterocycles. The predicted molar refractivity (Wildman–Crippen MR) is 79.1 cm³/mol. The Kier molecular flexibility index (Phi) is 3.74. The lowest BCUT2D eigenvalue weighted by molar-refractivity contribution is -0.137. The molecule has 1 saturated carbocycles. The summed E-state index contributed by atoms with van der Waals surface area (Å²) in [6.07, 6.45) is 4.69. The summed E-state index contributed by atoms with van der Waals surface area (Å²) in [6.45, 7) is 3.22. The third-order valence-corrected chi connectivity index (χ3v) is 4.95. The van der Waals surface area contributed by atoms with E-state index in [1.165, 1.54) is 12.8 Å². The first-order valence-corrected chi connectivity index (χ1v) is 7.70. The number of likely N-dealkylation sites (tertiary alicyclic amines) is 1. The van der Waals surface area contributed by atoms with E-state index in [-0.39, 0.29) is 11.8 Å². The maximum atomic E-state index is 11.0. The van der Waals surface area contributed by atoms with Crippen LogP contribution < -0.4 is 0 Å². The molecule has 1 N–H and O–H groups in total. The Morgan fingerprint density at radius 2 is 2.00 bits per heavy atom. The van der Waals surface area contributed by atoms with Crippen LogP contribution in [0.15, 0.2) is 18.2 Å². The van der Waals surface area contributed by atoms with Crippen LogP contribution in [-0.4, -0.2) is 29.1 Å². The van der Waals surface area contributed by atoms with Crippen LogP contribution in [0.1, 0.15) is 43.2 Å². The number of carboxylic acid groups (broad SMARTS) is 1. The smallest absolute Gasteiger partial charge is 0.304 e. The number of aliphatic carboxylic acids is 1. The topological polar surface area (TPSA) is 40.5 Å². The number of rotatable bonds is 5. The fraction of sp³-hybridized carbons (Fsp3) is 0.562. The summed E-state index contributed by atoms with van der Waals surface area (Å²) in [4.78, 5) is 13.4. The molecule has 1 saturated heterocycles. The van der Waals surface area contributed by atoms with E-state index in [2.05, 4.69) is 17.0 Å². The van der Waals surface area contributed by atoms with Crippen LogP contribution in [0.4, 0.5) is 0 Å². The van der Waals surface area contributed by atoms with Crippen molar-refractivity contribution < 1.29 is 9.90 Å². The van der Waals surface area contributed by atoms with E-state index in [9.17, 15) is 4.79 Å². The van der Waals surface area contributed by atoms with E-state index in [4.69, 9.17) is 16.7 Å². The molecule has 0 radical (unpaired) electrons. The molecule has 3 rings (SSSR count). The number of carboxylic acids is 1. The van der Waals surface area contributed by atoms with Crippen molar-refractivity contribution in [2.45, 2.75) is 44.1 Å². The number of hydrogen-bond donors (Lipinski definition) is 1. The van der Waals surface area contributed by atoms with E-state index in [1.807, 2.05) is 6.07 Å². The second-order valence-corrected chi connectivity index (χ2v) is 6.55. The van der Waals surface area contributed by atoms with E-state index in [0.29, 0.717) is 0 Å². The molecular weight excluding hydrogens is 274 g/mol. The van der Waals surface area contributed by atoms with Crippen molar-refractivity contribution in [2.75, 3.05) is 13.1 Å². The first-order chi connectivity index (χ1) is 9.59. The van der Waals surface area contributed by atoms with Crippen LogP contribution in [0.2, 0.25) is 5.02 Å². The Bertz CT molecular complexity index is 519. The van der Waals surface area contributed by atoms with Crippen molar-refractivity contribution in [1.29, 1.82) is 0 Å². The van der Waals surface area contributed by atoms with Crippen LogP contribution in [0.25, 0.3) is 0 Å². The van der Waals surface area contributed by atoms with Gasteiger partial charge < -0.3 is 5.11 Å². The molecule has 1 aromatic rings. The summed E-state index contributed by atoms with van der Waals surface area (Å²) in [6, 6.07) is 6.15. The number of halogens is 1. The van der Waals surface area contributed by atoms with Crippen LogP contribution in [0.5, 0.6) is 0 Å². The zero-order chi connectivity index (χ0) is 14.2. The quantitative estimate of drug-likeness (QED) is 0.904. The van der Waals surface area contributed by atoms with E-state index in [1.54, 1.807) is 0 Å². The van der Waals surface area contributed by atoms with E-state index >= 15 is 0 Å². The molecule has 20 heavy (non-hydrogen) atoms. The molecule has 1 aliphatic heterocycles. The lowest BCUT2D eigenvalue weighted by Crippen LogP contribution is -2.19. The maximum absolute atomic E-state index is 11.0. The summed E-state index contributed by atoms with van der Waals surface area (Å²) in [5, 5.41) is 9.81. The van der Waals surface area contributed by atoms with Crippen molar-refractivity contribution in [3.63, 3.8) is 0 Å². The predicted octanol–water partition coefficient (Wildman–Crippen LogP) is 3.44. The van der Waals surface area contributed by atoms with Crippen LogP contribution in [0, 0.1) is 0 Å². The van der Waals surface area contributed by atoms with E-state index in [0.717, 1.165) is 48.6 Å². The van der Waals surface area contributed by atoms with Gasteiger partial charge in [0.25, 0.3) is 0 Å². The van der Waals surface area contributed by atoms with Gasteiger partial charge in [0.15, 0.2) is 0 Å². The van der Waals surface area contributed by atoms with Crippen LogP contribution >= 0.6 is 11.6 Å². The van der Waals surface area contributed by atoms with Gasteiger partial charge in [-0.2, -0.15) is 0 Å². The van der Waals surface area contributed by atoms with Gasteiger partial charge in [0, 0.05) is 17.0 Å². The number of hydrogen-bond acceptors (Lipinski definition) is 2. The maximum Gasteiger partial charge on any atom is 0.304 e. The third kappa shape index (κ3) is 2.84. The molecule has 1 aromatic carbocycles. The van der Waals surface area contributed by atoms with Gasteiger partial charge in [0.05, 0.1) is 6.42 Å². The molecule has 0 bridgehead atoms. The first-order valence-electron chi connectivity index (χ1n) is 7.32. The molecule has 108 valence electrons. The fourth-order valence-electron chi connectivity index (χ4n) is 3.19. The minimum Gasteiger partial charge on any atom is -0.481 e. The average molecular weight is 294 g/mol. The SMILES string of the molecule is O=C(O)CC1(c2ccc(CN3CCCC3)c(Cl)c2)CC1. The second kappa shape index (κ2) is 5.38. The summed E-state index contributed by atoms with van der Waals surface area (Å²) >= 11 is 6.40. The standard InChI is InChI=1S/C16H20ClNO2/c17-14-9-13(16(5-6-16)10-15(19)20)4-3-12(14)11-18-7-1-2-8-18/h3-4,9H,1-2,5-8,10-11H2,(H,19,20). The molecule has 0 spiro atoms. The molecule has 0 amide bonds. The Labute approximate surface area is 124 Å². The summed E-state index contributed by atoms with van der Waals surface area (Å²) in [7, 11) is 0. The van der Waals surface area contributed by atoms with Crippen LogP contribution in [-0.2, 0) is 16.8 Å². The Morgan fingerprint density at radius 3 is 2.55 bits per heavy atom. The Hall–Kier alpha value is -1.06. The number of benzene rings is 1. The first kappa shape index (κ1) is 13.9. The van der Waals surface area contributed by atoms with Crippen molar-refractivity contribution >= 4 is 17.6 Å². The normalized spacial score (nSPS) is 21.1. The largest absolute Gasteiger partial charge is 0.481 e. The van der Waals surface area contributed by atoms with Gasteiger partial charge in [-0.25, -0.2) is 0 Å². The lowest BCUT2D eigenvalue weighted by Gasteiger charge is -2.18. The lowest BCUT2D eigenvalue weighted by atomic mass is 9.91. The highest BCUT2D eigenvalue weighted by molar-refractivity contribution is 6.31. The van der Waals surface area contributed by atoms with Gasteiger partial charge in [-0.05, 0) is 56.0 Å². The zero-order valence-electron chi connectivity index (χ0n) is 11.6. The van der Waals surface area contributed by atoms with Gasteiger partial charge in [-0.1, -0.05) is 23.7 Å². The molecule has 0 atom stereocenters. The summed E-state index contributed by atoms with van der Waals surface area (Å²) in [5.74, 6) is -0.722. The Morgan fingerprint density at radius 1 is 1.30 bits per heavy atom. The number of nitrogens with zero attached hydrogens (tertiary/aromatic N) is 1. The minimum atomic E-state index is -0.722. The van der Waals surface area contributed by atoms with Crippen molar-refractivity contribution in [1.82, 2.24) is 4.90 Å². The fourth-order valence-corrected chi connectivity index (χ4v) is 3.44. The molecule has 2 aliphatic rings. The molecule has 1 aliphatic carbocycles. The summed E-state index contributed by atoms with van der Waals surface area (Å²) in [5.41, 5.74) is 2.10. The third-order valence-electron chi connectivity index (χ3n) is 4.60. The molecular formula is C16H20ClNO2. The zero-order valence-corrected chi connectivity index (χ0v) is 12.3.